The zero-order valence-electron chi connectivity index (χ0n) is 16.7. The summed E-state index contributed by atoms with van der Waals surface area (Å²) >= 11 is 1.20. The highest BCUT2D eigenvalue weighted by Crippen LogP contribution is 2.36. The number of aromatic amines is 1. The van der Waals surface area contributed by atoms with Gasteiger partial charge in [-0.3, -0.25) is 0 Å². The van der Waals surface area contributed by atoms with Crippen LogP contribution in [0.3, 0.4) is 0 Å². The van der Waals surface area contributed by atoms with E-state index in [9.17, 15) is 14.4 Å². The van der Waals surface area contributed by atoms with Crippen LogP contribution in [0.5, 0.6) is 0 Å². The maximum absolute atomic E-state index is 13.0. The number of hydrogen-bond donors (Lipinski definition) is 4. The van der Waals surface area contributed by atoms with Crippen LogP contribution in [-0.2, 0) is 4.74 Å². The fourth-order valence-electron chi connectivity index (χ4n) is 3.71. The highest BCUT2D eigenvalue weighted by molar-refractivity contribution is 7.18. The van der Waals surface area contributed by atoms with Crippen molar-refractivity contribution < 1.29 is 19.1 Å². The van der Waals surface area contributed by atoms with Gasteiger partial charge < -0.3 is 31.4 Å². The molecule has 31 heavy (non-hydrogen) atoms. The predicted molar refractivity (Wildman–Crippen MR) is 119 cm³/mol. The van der Waals surface area contributed by atoms with Gasteiger partial charge in [0.1, 0.15) is 11.0 Å². The summed E-state index contributed by atoms with van der Waals surface area (Å²) in [6.07, 6.45) is 1.78. The van der Waals surface area contributed by atoms with Crippen molar-refractivity contribution in [2.24, 2.45) is 11.5 Å². The average Bonchev–Trinajstić information content (AvgIpc) is 3.25. The number of thiophene rings is 1. The number of nitrogens with one attached hydrogen (secondary N) is 2. The monoisotopic (exact) mass is 441 g/mol. The standard InChI is InChI=1S/C21H23N5O4S/c22-20(28)25-16-10-17(15-9-12-5-1-2-7-14(12)24-15)31-18(16)19(27)30-13-6-3-4-8-26(11-13)21(23)29/h1-2,5,7,9-10,13,24H,3-4,6,8,11H2,(H2,23,29)(H3,22,25,28). The molecule has 0 spiro atoms. The Morgan fingerprint density at radius 2 is 1.97 bits per heavy atom. The van der Waals surface area contributed by atoms with Crippen molar-refractivity contribution in [1.82, 2.24) is 9.88 Å². The molecule has 0 radical (unpaired) electrons. The van der Waals surface area contributed by atoms with Gasteiger partial charge in [0, 0.05) is 17.4 Å². The van der Waals surface area contributed by atoms with Crippen molar-refractivity contribution in [2.45, 2.75) is 25.4 Å². The first-order valence-corrected chi connectivity index (χ1v) is 10.8. The van der Waals surface area contributed by atoms with Crippen molar-refractivity contribution in [2.75, 3.05) is 18.4 Å². The average molecular weight is 442 g/mol. The number of rotatable bonds is 4. The molecule has 1 aliphatic rings. The van der Waals surface area contributed by atoms with Crippen LogP contribution in [-0.4, -0.2) is 47.1 Å². The molecule has 9 nitrogen and oxygen atoms in total. The number of carbonyl (C=O) groups excluding carboxylic acids is 3. The molecule has 10 heteroatoms. The van der Waals surface area contributed by atoms with E-state index in [2.05, 4.69) is 10.3 Å². The second-order valence-electron chi connectivity index (χ2n) is 7.42. The lowest BCUT2D eigenvalue weighted by Gasteiger charge is -2.22. The first-order chi connectivity index (χ1) is 14.9. The summed E-state index contributed by atoms with van der Waals surface area (Å²) in [5, 5.41) is 3.54. The quantitative estimate of drug-likeness (QED) is 0.460. The van der Waals surface area contributed by atoms with Gasteiger partial charge in [-0.05, 0) is 37.5 Å². The number of urea groups is 2. The van der Waals surface area contributed by atoms with Crippen LogP contribution in [0.4, 0.5) is 15.3 Å². The molecule has 0 bridgehead atoms. The largest absolute Gasteiger partial charge is 0.456 e. The van der Waals surface area contributed by atoms with Crippen LogP contribution in [0.25, 0.3) is 21.5 Å². The molecular formula is C21H23N5O4S. The number of nitrogens with zero attached hydrogens (tertiary/aromatic N) is 1. The molecule has 1 fully saturated rings. The van der Waals surface area contributed by atoms with Crippen molar-refractivity contribution in [3.05, 3.63) is 41.3 Å². The highest BCUT2D eigenvalue weighted by Gasteiger charge is 2.27. The molecule has 0 saturated carbocycles. The van der Waals surface area contributed by atoms with Crippen molar-refractivity contribution in [3.63, 3.8) is 0 Å². The van der Waals surface area contributed by atoms with Gasteiger partial charge in [-0.1, -0.05) is 18.2 Å². The summed E-state index contributed by atoms with van der Waals surface area (Å²) in [6, 6.07) is 10.2. The first kappa shape index (κ1) is 20.7. The molecule has 1 aromatic carbocycles. The summed E-state index contributed by atoms with van der Waals surface area (Å²) in [6.45, 7) is 0.793. The van der Waals surface area contributed by atoms with E-state index < -0.39 is 24.1 Å². The Hall–Kier alpha value is -3.53. The molecule has 1 atom stereocenters. The van der Waals surface area contributed by atoms with Gasteiger partial charge in [0.05, 0.1) is 22.8 Å². The van der Waals surface area contributed by atoms with Gasteiger partial charge in [0.2, 0.25) is 0 Å². The summed E-state index contributed by atoms with van der Waals surface area (Å²) in [5.74, 6) is -0.576. The second-order valence-corrected chi connectivity index (χ2v) is 8.47. The highest BCUT2D eigenvalue weighted by atomic mass is 32.1. The summed E-state index contributed by atoms with van der Waals surface area (Å²) in [7, 11) is 0. The third kappa shape index (κ3) is 4.64. The van der Waals surface area contributed by atoms with Gasteiger partial charge in [0.25, 0.3) is 0 Å². The maximum atomic E-state index is 13.0. The van der Waals surface area contributed by atoms with Gasteiger partial charge in [-0.2, -0.15) is 0 Å². The lowest BCUT2D eigenvalue weighted by molar-refractivity contribution is 0.0247. The van der Waals surface area contributed by atoms with E-state index in [4.69, 9.17) is 16.2 Å². The fourth-order valence-corrected chi connectivity index (χ4v) is 4.68. The molecule has 1 unspecified atom stereocenters. The Kier molecular flexibility index (Phi) is 5.81. The van der Waals surface area contributed by atoms with E-state index >= 15 is 0 Å². The zero-order valence-corrected chi connectivity index (χ0v) is 17.5. The number of anilines is 1. The molecule has 6 N–H and O–H groups in total. The Balaban J connectivity index is 1.60. The second kappa shape index (κ2) is 8.68. The fraction of sp³-hybridized carbons (Fsp3) is 0.286. The number of esters is 1. The number of fused-ring (bicyclic) bond motifs is 1. The summed E-state index contributed by atoms with van der Waals surface area (Å²) < 4.78 is 5.69. The third-order valence-electron chi connectivity index (χ3n) is 5.18. The Morgan fingerprint density at radius 3 is 2.71 bits per heavy atom. The number of benzene rings is 1. The number of likely N-dealkylation sites (tertiary alicyclic amines) is 1. The number of carbonyl (C=O) groups is 3. The van der Waals surface area contributed by atoms with Crippen LogP contribution in [0.2, 0.25) is 0 Å². The lowest BCUT2D eigenvalue weighted by atomic mass is 10.2. The molecular weight excluding hydrogens is 418 g/mol. The van der Waals surface area contributed by atoms with E-state index in [1.165, 1.54) is 16.2 Å². The number of ether oxygens (including phenoxy) is 1. The molecule has 3 aromatic rings. The molecule has 2 aromatic heterocycles. The Labute approximate surface area is 182 Å². The van der Waals surface area contributed by atoms with Crippen LogP contribution in [0.1, 0.15) is 28.9 Å². The number of amides is 4. The number of H-pyrrole nitrogens is 1. The van der Waals surface area contributed by atoms with Crippen LogP contribution in [0, 0.1) is 0 Å². The van der Waals surface area contributed by atoms with E-state index in [1.54, 1.807) is 6.07 Å². The normalized spacial score (nSPS) is 16.6. The molecule has 3 heterocycles. The topological polar surface area (TPSA) is 144 Å². The van der Waals surface area contributed by atoms with Crippen molar-refractivity contribution >= 4 is 46.0 Å². The number of aromatic nitrogens is 1. The number of para-hydroxylation sites is 1. The van der Waals surface area contributed by atoms with Crippen molar-refractivity contribution in [1.29, 1.82) is 0 Å². The van der Waals surface area contributed by atoms with Gasteiger partial charge >= 0.3 is 18.0 Å². The molecule has 1 saturated heterocycles. The van der Waals surface area contributed by atoms with Crippen LogP contribution < -0.4 is 16.8 Å². The smallest absolute Gasteiger partial charge is 0.350 e. The SMILES string of the molecule is NC(=O)Nc1cc(-c2cc3ccccc3[nH]2)sc1C(=O)OC1CCCCN(C(N)=O)C1. The van der Waals surface area contributed by atoms with Crippen molar-refractivity contribution in [3.8, 4) is 10.6 Å². The number of hydrogen-bond acceptors (Lipinski definition) is 5. The van der Waals surface area contributed by atoms with Crippen LogP contribution >= 0.6 is 11.3 Å². The molecule has 162 valence electrons. The molecule has 0 aliphatic carbocycles. The van der Waals surface area contributed by atoms with E-state index in [0.717, 1.165) is 34.3 Å². The van der Waals surface area contributed by atoms with E-state index in [-0.39, 0.29) is 17.1 Å². The Morgan fingerprint density at radius 1 is 1.16 bits per heavy atom. The van der Waals surface area contributed by atoms with Crippen LogP contribution in [0.15, 0.2) is 36.4 Å². The third-order valence-corrected chi connectivity index (χ3v) is 6.33. The Bertz CT molecular complexity index is 1100. The predicted octanol–water partition coefficient (Wildman–Crippen LogP) is 3.48. The number of primary amides is 2. The number of nitrogens with two attached hydrogens (primary N) is 2. The van der Waals surface area contributed by atoms with E-state index in [0.29, 0.717) is 13.0 Å². The zero-order chi connectivity index (χ0) is 22.0. The molecule has 4 amide bonds. The lowest BCUT2D eigenvalue weighted by Crippen LogP contribution is -2.41. The first-order valence-electron chi connectivity index (χ1n) is 9.94. The van der Waals surface area contributed by atoms with Gasteiger partial charge in [-0.15, -0.1) is 11.3 Å². The minimum atomic E-state index is -0.774. The molecule has 1 aliphatic heterocycles. The minimum Gasteiger partial charge on any atom is -0.456 e. The van der Waals surface area contributed by atoms with Gasteiger partial charge in [-0.25, -0.2) is 14.4 Å². The molecule has 4 rings (SSSR count). The maximum Gasteiger partial charge on any atom is 0.350 e. The van der Waals surface area contributed by atoms with E-state index in [1.807, 2.05) is 30.3 Å². The minimum absolute atomic E-state index is 0.238. The summed E-state index contributed by atoms with van der Waals surface area (Å²) in [5.41, 5.74) is 12.8. The summed E-state index contributed by atoms with van der Waals surface area (Å²) in [4.78, 5) is 41.8. The van der Waals surface area contributed by atoms with Gasteiger partial charge in [0.15, 0.2) is 0 Å².